The fraction of sp³-hybridized carbons (Fsp3) is 0.389. The molecule has 0 saturated heterocycles. The Morgan fingerprint density at radius 2 is 2.19 bits per heavy atom. The molecule has 0 aliphatic heterocycles. The number of nitrogens with one attached hydrogen (secondary N) is 1. The zero-order chi connectivity index (χ0) is 19.1. The van der Waals surface area contributed by atoms with Crippen molar-refractivity contribution in [2.24, 2.45) is 5.73 Å². The average molecular weight is 398 g/mol. The predicted octanol–water partition coefficient (Wildman–Crippen LogP) is 2.67. The summed E-state index contributed by atoms with van der Waals surface area (Å²) in [5.41, 5.74) is 6.07. The van der Waals surface area contributed by atoms with Gasteiger partial charge in [-0.25, -0.2) is 0 Å². The van der Waals surface area contributed by atoms with Crippen molar-refractivity contribution in [3.8, 4) is 11.5 Å². The lowest BCUT2D eigenvalue weighted by Crippen LogP contribution is -2.30. The van der Waals surface area contributed by atoms with Crippen molar-refractivity contribution in [2.75, 3.05) is 34.4 Å². The SMILES string of the molecule is COc1cc(CNCC(c2cccs2)N(C)C)cc(Cl)c1OCC(N)=O. The van der Waals surface area contributed by atoms with Gasteiger partial charge in [-0.15, -0.1) is 11.3 Å². The first kappa shape index (κ1) is 20.5. The zero-order valence-corrected chi connectivity index (χ0v) is 16.7. The molecule has 0 radical (unpaired) electrons. The van der Waals surface area contributed by atoms with Crippen LogP contribution in [-0.4, -0.2) is 45.2 Å². The molecule has 1 amide bonds. The smallest absolute Gasteiger partial charge is 0.255 e. The normalized spacial score (nSPS) is 12.2. The number of thiophene rings is 1. The molecule has 1 atom stereocenters. The number of primary amides is 1. The van der Waals surface area contributed by atoms with E-state index in [1.54, 1.807) is 17.4 Å². The molecule has 0 bridgehead atoms. The number of carbonyl (C=O) groups excluding carboxylic acids is 1. The largest absolute Gasteiger partial charge is 0.493 e. The Hall–Kier alpha value is -1.80. The Morgan fingerprint density at radius 1 is 1.42 bits per heavy atom. The third kappa shape index (κ3) is 5.60. The fourth-order valence-electron chi connectivity index (χ4n) is 2.53. The van der Waals surface area contributed by atoms with E-state index in [0.29, 0.717) is 29.1 Å². The van der Waals surface area contributed by atoms with E-state index in [-0.39, 0.29) is 6.61 Å². The van der Waals surface area contributed by atoms with Crippen molar-refractivity contribution in [2.45, 2.75) is 12.6 Å². The van der Waals surface area contributed by atoms with Crippen molar-refractivity contribution in [1.29, 1.82) is 0 Å². The Balaban J connectivity index is 2.03. The molecule has 0 saturated carbocycles. The summed E-state index contributed by atoms with van der Waals surface area (Å²) in [5.74, 6) is 0.219. The predicted molar refractivity (Wildman–Crippen MR) is 105 cm³/mol. The lowest BCUT2D eigenvalue weighted by atomic mass is 10.1. The highest BCUT2D eigenvalue weighted by atomic mass is 35.5. The number of ether oxygens (including phenoxy) is 2. The summed E-state index contributed by atoms with van der Waals surface area (Å²) in [4.78, 5) is 14.4. The van der Waals surface area contributed by atoms with Crippen molar-refractivity contribution < 1.29 is 14.3 Å². The van der Waals surface area contributed by atoms with Gasteiger partial charge in [0, 0.05) is 18.0 Å². The van der Waals surface area contributed by atoms with E-state index < -0.39 is 5.91 Å². The molecule has 142 valence electrons. The van der Waals surface area contributed by atoms with Crippen LogP contribution >= 0.6 is 22.9 Å². The maximum Gasteiger partial charge on any atom is 0.255 e. The van der Waals surface area contributed by atoms with Crippen LogP contribution in [0.3, 0.4) is 0 Å². The molecule has 0 fully saturated rings. The number of amides is 1. The van der Waals surface area contributed by atoms with Gasteiger partial charge in [0.15, 0.2) is 18.1 Å². The van der Waals surface area contributed by atoms with E-state index in [0.717, 1.165) is 12.1 Å². The van der Waals surface area contributed by atoms with Gasteiger partial charge in [0.2, 0.25) is 0 Å². The molecule has 1 aromatic heterocycles. The van der Waals surface area contributed by atoms with Gasteiger partial charge in [0.25, 0.3) is 5.91 Å². The summed E-state index contributed by atoms with van der Waals surface area (Å²) in [6.07, 6.45) is 0. The van der Waals surface area contributed by atoms with Crippen molar-refractivity contribution in [3.05, 3.63) is 45.1 Å². The molecular weight excluding hydrogens is 374 g/mol. The summed E-state index contributed by atoms with van der Waals surface area (Å²) in [7, 11) is 5.66. The highest BCUT2D eigenvalue weighted by molar-refractivity contribution is 7.10. The Morgan fingerprint density at radius 3 is 2.77 bits per heavy atom. The Bertz CT molecular complexity index is 723. The van der Waals surface area contributed by atoms with Gasteiger partial charge in [-0.3, -0.25) is 4.79 Å². The van der Waals surface area contributed by atoms with Crippen molar-refractivity contribution in [1.82, 2.24) is 10.2 Å². The van der Waals surface area contributed by atoms with E-state index in [1.807, 2.05) is 6.07 Å². The summed E-state index contributed by atoms with van der Waals surface area (Å²) in [6, 6.07) is 8.13. The molecule has 2 rings (SSSR count). The van der Waals surface area contributed by atoms with Crippen molar-refractivity contribution in [3.63, 3.8) is 0 Å². The Kier molecular flexibility index (Phi) is 7.71. The van der Waals surface area contributed by atoms with E-state index >= 15 is 0 Å². The van der Waals surface area contributed by atoms with E-state index in [1.165, 1.54) is 12.0 Å². The minimum absolute atomic E-state index is 0.251. The van der Waals surface area contributed by atoms with Gasteiger partial charge in [0.1, 0.15) is 0 Å². The molecule has 1 aromatic carbocycles. The van der Waals surface area contributed by atoms with E-state index in [2.05, 4.69) is 41.8 Å². The van der Waals surface area contributed by atoms with Gasteiger partial charge in [-0.05, 0) is 43.2 Å². The zero-order valence-electron chi connectivity index (χ0n) is 15.1. The van der Waals surface area contributed by atoms with Crippen LogP contribution in [0.1, 0.15) is 16.5 Å². The second-order valence-corrected chi connectivity index (χ2v) is 7.38. The van der Waals surface area contributed by atoms with E-state index in [9.17, 15) is 4.79 Å². The first-order valence-electron chi connectivity index (χ1n) is 8.10. The maximum atomic E-state index is 10.9. The Labute approximate surface area is 162 Å². The van der Waals surface area contributed by atoms with Crippen molar-refractivity contribution >= 4 is 28.8 Å². The number of likely N-dealkylation sites (N-methyl/N-ethyl adjacent to an activating group) is 1. The van der Waals surface area contributed by atoms with Gasteiger partial charge >= 0.3 is 0 Å². The first-order valence-corrected chi connectivity index (χ1v) is 9.36. The average Bonchev–Trinajstić information content (AvgIpc) is 3.10. The molecule has 2 aromatic rings. The number of hydrogen-bond acceptors (Lipinski definition) is 6. The first-order chi connectivity index (χ1) is 12.4. The molecule has 1 heterocycles. The van der Waals surface area contributed by atoms with Crippen LogP contribution in [0.15, 0.2) is 29.6 Å². The molecule has 6 nitrogen and oxygen atoms in total. The summed E-state index contributed by atoms with van der Waals surface area (Å²) < 4.78 is 10.7. The maximum absolute atomic E-state index is 10.9. The third-order valence-electron chi connectivity index (χ3n) is 3.81. The van der Waals surface area contributed by atoms with Crippen LogP contribution in [0.4, 0.5) is 0 Å². The number of benzene rings is 1. The number of halogens is 1. The molecule has 0 spiro atoms. The highest BCUT2D eigenvalue weighted by Crippen LogP contribution is 2.36. The summed E-state index contributed by atoms with van der Waals surface area (Å²) >= 11 is 8.03. The lowest BCUT2D eigenvalue weighted by Gasteiger charge is -2.23. The number of carbonyl (C=O) groups is 1. The van der Waals surface area contributed by atoms with Gasteiger partial charge in [-0.1, -0.05) is 17.7 Å². The second kappa shape index (κ2) is 9.78. The quantitative estimate of drug-likeness (QED) is 0.644. The number of hydrogen-bond donors (Lipinski definition) is 2. The third-order valence-corrected chi connectivity index (χ3v) is 5.06. The van der Waals surface area contributed by atoms with Crippen LogP contribution in [-0.2, 0) is 11.3 Å². The van der Waals surface area contributed by atoms with Crippen LogP contribution in [0.5, 0.6) is 11.5 Å². The number of nitrogens with two attached hydrogens (primary N) is 1. The number of nitrogens with zero attached hydrogens (tertiary/aromatic N) is 1. The van der Waals surface area contributed by atoms with Crippen LogP contribution < -0.4 is 20.5 Å². The minimum atomic E-state index is -0.572. The monoisotopic (exact) mass is 397 g/mol. The van der Waals surface area contributed by atoms with Gasteiger partial charge < -0.3 is 25.4 Å². The topological polar surface area (TPSA) is 76.8 Å². The van der Waals surface area contributed by atoms with Crippen LogP contribution in [0, 0.1) is 0 Å². The minimum Gasteiger partial charge on any atom is -0.493 e. The fourth-order valence-corrected chi connectivity index (χ4v) is 3.74. The highest BCUT2D eigenvalue weighted by Gasteiger charge is 2.16. The van der Waals surface area contributed by atoms with Crippen LogP contribution in [0.2, 0.25) is 5.02 Å². The van der Waals surface area contributed by atoms with Gasteiger partial charge in [-0.2, -0.15) is 0 Å². The van der Waals surface area contributed by atoms with Crippen LogP contribution in [0.25, 0.3) is 0 Å². The second-order valence-electron chi connectivity index (χ2n) is 5.99. The molecule has 1 unspecified atom stereocenters. The standard InChI is InChI=1S/C18H24ClN3O3S/c1-22(2)14(16-5-4-6-26-16)10-21-9-12-7-13(19)18(15(8-12)24-3)25-11-17(20)23/h4-8,14,21H,9-11H2,1-3H3,(H2,20,23). The number of rotatable bonds is 10. The molecule has 26 heavy (non-hydrogen) atoms. The summed E-state index contributed by atoms with van der Waals surface area (Å²) in [5, 5.41) is 5.92. The molecular formula is C18H24ClN3O3S. The van der Waals surface area contributed by atoms with Gasteiger partial charge in [0.05, 0.1) is 18.2 Å². The number of methoxy groups -OCH3 is 1. The molecule has 0 aliphatic carbocycles. The molecule has 8 heteroatoms. The lowest BCUT2D eigenvalue weighted by molar-refractivity contribution is -0.119. The molecule has 0 aliphatic rings. The summed E-state index contributed by atoms with van der Waals surface area (Å²) in [6.45, 7) is 1.17. The molecule has 3 N–H and O–H groups in total. The van der Waals surface area contributed by atoms with E-state index in [4.69, 9.17) is 26.8 Å².